The van der Waals surface area contributed by atoms with Gasteiger partial charge in [-0.15, -0.1) is 0 Å². The Bertz CT molecular complexity index is 561. The minimum absolute atomic E-state index is 0.00667. The lowest BCUT2D eigenvalue weighted by atomic mass is 9.89. The van der Waals surface area contributed by atoms with E-state index in [1.807, 2.05) is 0 Å². The van der Waals surface area contributed by atoms with Crippen LogP contribution in [0.4, 0.5) is 8.78 Å². The molecule has 1 rings (SSSR count). The molecular weight excluding hydrogens is 318 g/mol. The number of carbonyl (C=O) groups is 2. The van der Waals surface area contributed by atoms with Crippen LogP contribution in [0, 0.1) is 18.2 Å². The summed E-state index contributed by atoms with van der Waals surface area (Å²) >= 11 is 0. The first kappa shape index (κ1) is 20.0. The van der Waals surface area contributed by atoms with E-state index in [-0.39, 0.29) is 25.1 Å². The predicted octanol–water partition coefficient (Wildman–Crippen LogP) is 1.42. The SMILES string of the molecule is CC(F)(CC[C@H](C[C@@H](O)[CH]Cc1ccc(F)cc1)C(N)=O)C(N)=O. The van der Waals surface area contributed by atoms with Crippen LogP contribution < -0.4 is 11.5 Å². The van der Waals surface area contributed by atoms with E-state index in [1.54, 1.807) is 18.6 Å². The maximum Gasteiger partial charge on any atom is 0.254 e. The van der Waals surface area contributed by atoms with E-state index in [2.05, 4.69) is 0 Å². The van der Waals surface area contributed by atoms with Gasteiger partial charge in [0.1, 0.15) is 5.82 Å². The van der Waals surface area contributed by atoms with Gasteiger partial charge in [-0.3, -0.25) is 9.59 Å². The first-order chi connectivity index (χ1) is 11.1. The Morgan fingerprint density at radius 3 is 2.38 bits per heavy atom. The van der Waals surface area contributed by atoms with Gasteiger partial charge in [-0.05, 0) is 56.7 Å². The van der Waals surface area contributed by atoms with Crippen LogP contribution in [-0.2, 0) is 16.0 Å². The summed E-state index contributed by atoms with van der Waals surface area (Å²) in [6, 6.07) is 5.80. The van der Waals surface area contributed by atoms with Gasteiger partial charge in [-0.25, -0.2) is 8.78 Å². The number of hydrogen-bond acceptors (Lipinski definition) is 3. The average molecular weight is 341 g/mol. The molecule has 0 aromatic heterocycles. The molecule has 24 heavy (non-hydrogen) atoms. The highest BCUT2D eigenvalue weighted by atomic mass is 19.1. The van der Waals surface area contributed by atoms with Crippen LogP contribution in [0.15, 0.2) is 24.3 Å². The topological polar surface area (TPSA) is 106 Å². The van der Waals surface area contributed by atoms with E-state index >= 15 is 0 Å². The van der Waals surface area contributed by atoms with Gasteiger partial charge >= 0.3 is 0 Å². The molecule has 0 spiro atoms. The maximum atomic E-state index is 13.8. The van der Waals surface area contributed by atoms with Crippen molar-refractivity contribution in [2.75, 3.05) is 0 Å². The number of aliphatic hydroxyl groups excluding tert-OH is 1. The van der Waals surface area contributed by atoms with Crippen LogP contribution in [-0.4, -0.2) is 28.7 Å². The fraction of sp³-hybridized carbons (Fsp3) is 0.471. The van der Waals surface area contributed by atoms with Crippen LogP contribution in [0.1, 0.15) is 31.7 Å². The van der Waals surface area contributed by atoms with Crippen molar-refractivity contribution in [1.82, 2.24) is 0 Å². The van der Waals surface area contributed by atoms with Crippen molar-refractivity contribution in [3.63, 3.8) is 0 Å². The molecule has 5 N–H and O–H groups in total. The van der Waals surface area contributed by atoms with Gasteiger partial charge < -0.3 is 16.6 Å². The van der Waals surface area contributed by atoms with Crippen LogP contribution in [0.5, 0.6) is 0 Å². The predicted molar refractivity (Wildman–Crippen MR) is 85.7 cm³/mol. The zero-order valence-corrected chi connectivity index (χ0v) is 13.5. The number of primary amides is 2. The zero-order valence-electron chi connectivity index (χ0n) is 13.5. The zero-order chi connectivity index (χ0) is 18.3. The van der Waals surface area contributed by atoms with Gasteiger partial charge in [0.15, 0.2) is 5.67 Å². The highest BCUT2D eigenvalue weighted by Gasteiger charge is 2.32. The number of halogens is 2. The van der Waals surface area contributed by atoms with Gasteiger partial charge in [0.25, 0.3) is 5.91 Å². The molecule has 1 aromatic rings. The number of carbonyl (C=O) groups excluding carboxylic acids is 2. The molecule has 0 heterocycles. The molecule has 0 aliphatic rings. The molecule has 1 aromatic carbocycles. The minimum Gasteiger partial charge on any atom is -0.393 e. The minimum atomic E-state index is -2.23. The van der Waals surface area contributed by atoms with E-state index in [9.17, 15) is 23.5 Å². The second kappa shape index (κ2) is 8.73. The molecule has 133 valence electrons. The molecule has 0 saturated heterocycles. The Morgan fingerprint density at radius 1 is 1.29 bits per heavy atom. The standard InChI is InChI=1S/C17H23F2N2O3/c1-17(19,16(21)24)9-8-12(15(20)23)10-14(22)7-4-11-2-5-13(18)6-3-11/h2-3,5-7,12,14,22H,4,8-10H2,1H3,(H2,20,23)(H2,21,24)/t12-,14+,17?/m1/s1. The highest BCUT2D eigenvalue weighted by Crippen LogP contribution is 2.23. The number of nitrogens with two attached hydrogens (primary N) is 2. The number of alkyl halides is 1. The van der Waals surface area contributed by atoms with Crippen molar-refractivity contribution >= 4 is 11.8 Å². The van der Waals surface area contributed by atoms with Crippen molar-refractivity contribution in [3.05, 3.63) is 42.1 Å². The van der Waals surface area contributed by atoms with Crippen molar-refractivity contribution in [1.29, 1.82) is 0 Å². The molecule has 3 atom stereocenters. The Kier molecular flexibility index (Phi) is 7.28. The van der Waals surface area contributed by atoms with Gasteiger partial charge in [-0.2, -0.15) is 0 Å². The Hall–Kier alpha value is -2.02. The number of aliphatic hydroxyl groups is 1. The van der Waals surface area contributed by atoms with E-state index in [0.717, 1.165) is 12.5 Å². The fourth-order valence-corrected chi connectivity index (χ4v) is 2.23. The molecule has 0 bridgehead atoms. The molecule has 7 heteroatoms. The van der Waals surface area contributed by atoms with Gasteiger partial charge in [0.2, 0.25) is 5.91 Å². The average Bonchev–Trinajstić information content (AvgIpc) is 2.50. The lowest BCUT2D eigenvalue weighted by Crippen LogP contribution is -2.38. The molecule has 0 aliphatic heterocycles. The largest absolute Gasteiger partial charge is 0.393 e. The third kappa shape index (κ3) is 6.62. The summed E-state index contributed by atoms with van der Waals surface area (Å²) in [7, 11) is 0. The van der Waals surface area contributed by atoms with Crippen molar-refractivity contribution in [3.8, 4) is 0 Å². The number of benzene rings is 1. The van der Waals surface area contributed by atoms with E-state index in [4.69, 9.17) is 11.5 Å². The maximum absolute atomic E-state index is 13.8. The van der Waals surface area contributed by atoms with Gasteiger partial charge in [0, 0.05) is 5.92 Å². The molecule has 0 saturated carbocycles. The van der Waals surface area contributed by atoms with Crippen LogP contribution in [0.3, 0.4) is 0 Å². The van der Waals surface area contributed by atoms with Gasteiger partial charge in [0.05, 0.1) is 6.10 Å². The summed E-state index contributed by atoms with van der Waals surface area (Å²) in [6.45, 7) is 1.05. The molecule has 1 unspecified atom stereocenters. The summed E-state index contributed by atoms with van der Waals surface area (Å²) < 4.78 is 26.7. The summed E-state index contributed by atoms with van der Waals surface area (Å²) in [4.78, 5) is 22.4. The second-order valence-electron chi connectivity index (χ2n) is 6.07. The van der Waals surface area contributed by atoms with E-state index < -0.39 is 29.5 Å². The summed E-state index contributed by atoms with van der Waals surface area (Å²) in [5.74, 6) is -2.91. The van der Waals surface area contributed by atoms with Gasteiger partial charge in [-0.1, -0.05) is 12.1 Å². The second-order valence-corrected chi connectivity index (χ2v) is 6.07. The lowest BCUT2D eigenvalue weighted by molar-refractivity contribution is -0.130. The summed E-state index contributed by atoms with van der Waals surface area (Å²) in [5.41, 5.74) is 8.79. The third-order valence-electron chi connectivity index (χ3n) is 3.94. The number of hydrogen-bond donors (Lipinski definition) is 3. The smallest absolute Gasteiger partial charge is 0.254 e. The van der Waals surface area contributed by atoms with Crippen molar-refractivity contribution in [2.24, 2.45) is 17.4 Å². The Labute approximate surface area is 140 Å². The monoisotopic (exact) mass is 341 g/mol. The Balaban J connectivity index is 2.50. The molecule has 2 amide bonds. The van der Waals surface area contributed by atoms with E-state index in [1.165, 1.54) is 12.1 Å². The summed E-state index contributed by atoms with van der Waals surface area (Å²) in [5, 5.41) is 10.0. The number of amides is 2. The van der Waals surface area contributed by atoms with Crippen molar-refractivity contribution in [2.45, 2.75) is 44.4 Å². The molecule has 5 nitrogen and oxygen atoms in total. The quantitative estimate of drug-likeness (QED) is 0.599. The normalized spacial score (nSPS) is 16.2. The van der Waals surface area contributed by atoms with Crippen LogP contribution >= 0.6 is 0 Å². The summed E-state index contributed by atoms with van der Waals surface area (Å²) in [6.07, 6.45) is 0.784. The van der Waals surface area contributed by atoms with E-state index in [0.29, 0.717) is 6.42 Å². The highest BCUT2D eigenvalue weighted by molar-refractivity contribution is 5.83. The lowest BCUT2D eigenvalue weighted by Gasteiger charge is -2.21. The molecule has 1 radical (unpaired) electrons. The van der Waals surface area contributed by atoms with Crippen LogP contribution in [0.25, 0.3) is 0 Å². The number of rotatable bonds is 10. The van der Waals surface area contributed by atoms with Crippen LogP contribution in [0.2, 0.25) is 0 Å². The Morgan fingerprint density at radius 2 is 1.88 bits per heavy atom. The first-order valence-electron chi connectivity index (χ1n) is 7.66. The molecule has 0 fully saturated rings. The first-order valence-corrected chi connectivity index (χ1v) is 7.66. The molecule has 0 aliphatic carbocycles. The third-order valence-corrected chi connectivity index (χ3v) is 3.94. The van der Waals surface area contributed by atoms with Crippen molar-refractivity contribution < 1.29 is 23.5 Å². The molecular formula is C17H23F2N2O3. The fourth-order valence-electron chi connectivity index (χ4n) is 2.23.